The van der Waals surface area contributed by atoms with Crippen molar-refractivity contribution in [1.82, 2.24) is 0 Å². The van der Waals surface area contributed by atoms with E-state index in [1.54, 1.807) is 0 Å². The fraction of sp³-hybridized carbons (Fsp3) is 0.0833. The van der Waals surface area contributed by atoms with E-state index in [0.717, 1.165) is 10.4 Å². The lowest BCUT2D eigenvalue weighted by molar-refractivity contribution is 0.413. The number of ether oxygens (including phenoxy) is 2. The van der Waals surface area contributed by atoms with Crippen molar-refractivity contribution in [1.29, 1.82) is 0 Å². The van der Waals surface area contributed by atoms with E-state index in [0.29, 0.717) is 0 Å². The Kier molecular flexibility index (Phi) is 7.19. The van der Waals surface area contributed by atoms with Gasteiger partial charge < -0.3 is 14.6 Å². The minimum atomic E-state index is -4.71. The second-order valence-corrected chi connectivity index (χ2v) is 11.9. The highest BCUT2D eigenvalue weighted by atomic mass is 35.5. The average Bonchev–Trinajstić information content (AvgIpc) is 2.83. The number of rotatable bonds is 7. The number of methoxy groups -OCH3 is 2. The van der Waals surface area contributed by atoms with Crippen LogP contribution in [0.3, 0.4) is 0 Å². The number of hydrogen-bond donors (Lipinski definition) is 2. The van der Waals surface area contributed by atoms with Gasteiger partial charge in [-0.2, -0.15) is 0 Å². The van der Waals surface area contributed by atoms with E-state index in [2.05, 4.69) is 0 Å². The van der Waals surface area contributed by atoms with Gasteiger partial charge in [0.2, 0.25) is 10.0 Å². The number of phenols is 1. The van der Waals surface area contributed by atoms with Crippen molar-refractivity contribution in [2.24, 2.45) is 5.14 Å². The van der Waals surface area contributed by atoms with Gasteiger partial charge in [0.25, 0.3) is 10.0 Å². The number of para-hydroxylation sites is 2. The molecule has 9 nitrogen and oxygen atoms in total. The SMILES string of the molecule is COc1c(Cl)cccc1N(c1cccc(Cl)c1OC)S(=O)(=O)c1cc(S(N)(=O)=O)cc2ccc(O)cc12. The Morgan fingerprint density at radius 3 is 1.84 bits per heavy atom. The molecule has 0 atom stereocenters. The van der Waals surface area contributed by atoms with E-state index in [-0.39, 0.29) is 49.4 Å². The molecule has 0 amide bonds. The first-order chi connectivity index (χ1) is 17.4. The van der Waals surface area contributed by atoms with E-state index >= 15 is 0 Å². The van der Waals surface area contributed by atoms with Crippen LogP contribution in [0.25, 0.3) is 10.8 Å². The lowest BCUT2D eigenvalue weighted by Crippen LogP contribution is -2.28. The topological polar surface area (TPSA) is 136 Å². The van der Waals surface area contributed by atoms with Gasteiger partial charge in [0.1, 0.15) is 17.1 Å². The molecule has 37 heavy (non-hydrogen) atoms. The lowest BCUT2D eigenvalue weighted by atomic mass is 10.1. The zero-order valence-electron chi connectivity index (χ0n) is 19.3. The van der Waals surface area contributed by atoms with E-state index in [9.17, 15) is 21.9 Å². The van der Waals surface area contributed by atoms with Crippen molar-refractivity contribution in [3.8, 4) is 17.2 Å². The molecular formula is C24H20Cl2N2O7S2. The molecule has 0 saturated heterocycles. The highest BCUT2D eigenvalue weighted by Crippen LogP contribution is 2.47. The van der Waals surface area contributed by atoms with E-state index in [4.69, 9.17) is 37.8 Å². The van der Waals surface area contributed by atoms with Crippen LogP contribution in [0.15, 0.2) is 76.5 Å². The normalized spacial score (nSPS) is 11.9. The number of hydrogen-bond acceptors (Lipinski definition) is 7. The average molecular weight is 583 g/mol. The van der Waals surface area contributed by atoms with Crippen LogP contribution in [0.4, 0.5) is 11.4 Å². The van der Waals surface area contributed by atoms with Crippen molar-refractivity contribution >= 4 is 65.4 Å². The van der Waals surface area contributed by atoms with Gasteiger partial charge in [-0.1, -0.05) is 41.4 Å². The summed E-state index contributed by atoms with van der Waals surface area (Å²) in [6.45, 7) is 0. The molecule has 194 valence electrons. The molecule has 13 heteroatoms. The second kappa shape index (κ2) is 9.92. The number of phenolic OH excluding ortho intramolecular Hbond substituents is 1. The summed E-state index contributed by atoms with van der Waals surface area (Å²) in [5, 5.41) is 16.0. The third-order valence-corrected chi connectivity index (χ3v) is 8.71. The number of fused-ring (bicyclic) bond motifs is 1. The molecule has 0 bridgehead atoms. The minimum Gasteiger partial charge on any atom is -0.508 e. The molecule has 4 aromatic rings. The maximum Gasteiger partial charge on any atom is 0.269 e. The van der Waals surface area contributed by atoms with Gasteiger partial charge in [-0.25, -0.2) is 26.3 Å². The fourth-order valence-electron chi connectivity index (χ4n) is 3.87. The van der Waals surface area contributed by atoms with Crippen LogP contribution in [0.2, 0.25) is 10.0 Å². The Morgan fingerprint density at radius 1 is 0.811 bits per heavy atom. The molecule has 0 aromatic heterocycles. The molecule has 0 unspecified atom stereocenters. The Bertz CT molecular complexity index is 1690. The molecule has 3 N–H and O–H groups in total. The largest absolute Gasteiger partial charge is 0.508 e. The number of benzene rings is 4. The molecule has 4 rings (SSSR count). The molecule has 4 aromatic carbocycles. The quantitative estimate of drug-likeness (QED) is 0.311. The smallest absolute Gasteiger partial charge is 0.269 e. The zero-order valence-corrected chi connectivity index (χ0v) is 22.5. The minimum absolute atomic E-state index is 0.00937. The number of primary sulfonamides is 1. The number of nitrogens with zero attached hydrogens (tertiary/aromatic N) is 1. The molecule has 0 fully saturated rings. The van der Waals surface area contributed by atoms with Crippen molar-refractivity contribution in [3.63, 3.8) is 0 Å². The predicted octanol–water partition coefficient (Wildman–Crippen LogP) is 5.04. The summed E-state index contributed by atoms with van der Waals surface area (Å²) in [5.74, 6) is -0.200. The van der Waals surface area contributed by atoms with Crippen LogP contribution in [0, 0.1) is 0 Å². The molecule has 0 radical (unpaired) electrons. The highest BCUT2D eigenvalue weighted by molar-refractivity contribution is 7.93. The number of sulfonamides is 2. The molecule has 0 aliphatic rings. The summed E-state index contributed by atoms with van der Waals surface area (Å²) in [4.78, 5) is -0.908. The lowest BCUT2D eigenvalue weighted by Gasteiger charge is -2.28. The highest BCUT2D eigenvalue weighted by Gasteiger charge is 2.34. The van der Waals surface area contributed by atoms with Crippen LogP contribution >= 0.6 is 23.2 Å². The first kappa shape index (κ1) is 26.8. The predicted molar refractivity (Wildman–Crippen MR) is 142 cm³/mol. The van der Waals surface area contributed by atoms with Gasteiger partial charge in [-0.3, -0.25) is 0 Å². The van der Waals surface area contributed by atoms with Gasteiger partial charge in [-0.05, 0) is 53.9 Å². The van der Waals surface area contributed by atoms with Crippen molar-refractivity contribution < 1.29 is 31.4 Å². The summed E-state index contributed by atoms with van der Waals surface area (Å²) < 4.78 is 65.3. The standard InChI is InChI=1S/C24H20Cl2N2O7S2/c1-34-23-18(25)5-3-7-20(23)28(21-8-4-6-19(26)24(21)35-2)37(32,33)22-13-16(36(27,30)31)11-14-9-10-15(29)12-17(14)22/h3-13,29H,1-2H3,(H2,27,30,31). The fourth-order valence-corrected chi connectivity index (χ4v) is 6.74. The monoisotopic (exact) mass is 582 g/mol. The van der Waals surface area contributed by atoms with Gasteiger partial charge in [-0.15, -0.1) is 0 Å². The van der Waals surface area contributed by atoms with Crippen molar-refractivity contribution in [2.45, 2.75) is 9.79 Å². The molecule has 0 aliphatic carbocycles. The zero-order chi connectivity index (χ0) is 27.1. The van der Waals surface area contributed by atoms with E-state index in [1.807, 2.05) is 0 Å². The summed E-state index contributed by atoms with van der Waals surface area (Å²) >= 11 is 12.7. The van der Waals surface area contributed by atoms with Crippen LogP contribution in [-0.2, 0) is 20.0 Å². The van der Waals surface area contributed by atoms with Crippen LogP contribution in [-0.4, -0.2) is 36.2 Å². The Balaban J connectivity index is 2.18. The number of nitrogens with two attached hydrogens (primary N) is 1. The number of aromatic hydroxyl groups is 1. The Labute approximate surface area is 223 Å². The van der Waals surface area contributed by atoms with Crippen LogP contribution in [0.1, 0.15) is 0 Å². The van der Waals surface area contributed by atoms with Crippen LogP contribution < -0.4 is 18.9 Å². The molecule has 0 saturated carbocycles. The molecule has 0 heterocycles. The first-order valence-corrected chi connectivity index (χ1v) is 14.1. The maximum atomic E-state index is 14.5. The third kappa shape index (κ3) is 4.88. The Morgan fingerprint density at radius 2 is 1.35 bits per heavy atom. The maximum absolute atomic E-state index is 14.5. The molecular weight excluding hydrogens is 563 g/mol. The van der Waals surface area contributed by atoms with Gasteiger partial charge in [0, 0.05) is 5.39 Å². The Hall–Kier alpha value is -3.22. The van der Waals surface area contributed by atoms with Gasteiger partial charge >= 0.3 is 0 Å². The van der Waals surface area contributed by atoms with E-state index < -0.39 is 29.8 Å². The molecule has 0 spiro atoms. The number of halogens is 2. The van der Waals surface area contributed by atoms with Gasteiger partial charge in [0.15, 0.2) is 11.5 Å². The summed E-state index contributed by atoms with van der Waals surface area (Å²) in [7, 11) is -6.39. The van der Waals surface area contributed by atoms with Crippen molar-refractivity contribution in [2.75, 3.05) is 18.5 Å². The van der Waals surface area contributed by atoms with Crippen LogP contribution in [0.5, 0.6) is 17.2 Å². The second-order valence-electron chi connectivity index (χ2n) is 7.73. The number of anilines is 2. The van der Waals surface area contributed by atoms with Crippen molar-refractivity contribution in [3.05, 3.63) is 76.8 Å². The third-order valence-electron chi connectivity index (χ3n) is 5.46. The molecule has 0 aliphatic heterocycles. The summed E-state index contributed by atoms with van der Waals surface area (Å²) in [5.41, 5.74) is -0.0187. The first-order valence-electron chi connectivity index (χ1n) is 10.4. The summed E-state index contributed by atoms with van der Waals surface area (Å²) in [6, 6.07) is 15.0. The van der Waals surface area contributed by atoms with Gasteiger partial charge in [0.05, 0.1) is 34.1 Å². The van der Waals surface area contributed by atoms with E-state index in [1.165, 1.54) is 74.9 Å². The summed E-state index contributed by atoms with van der Waals surface area (Å²) in [6.07, 6.45) is 0.